The van der Waals surface area contributed by atoms with Gasteiger partial charge in [-0.1, -0.05) is 0 Å². The number of amides is 2. The molecule has 7 heteroatoms. The van der Waals surface area contributed by atoms with Gasteiger partial charge in [-0.3, -0.25) is 4.79 Å². The summed E-state index contributed by atoms with van der Waals surface area (Å²) >= 11 is 0. The Morgan fingerprint density at radius 3 is 2.76 bits per heavy atom. The SMILES string of the molecule is O=C(O)CC1COCCN1C(=O)N1CCOC2CCCC21. The molecule has 3 unspecified atom stereocenters. The van der Waals surface area contributed by atoms with Crippen molar-refractivity contribution in [3.8, 4) is 0 Å². The summed E-state index contributed by atoms with van der Waals surface area (Å²) < 4.78 is 11.1. The fourth-order valence-corrected chi connectivity index (χ4v) is 3.61. The molecule has 0 spiro atoms. The number of fused-ring (bicyclic) bond motifs is 1. The normalized spacial score (nSPS) is 32.9. The lowest BCUT2D eigenvalue weighted by atomic mass is 10.1. The predicted octanol–water partition coefficient (Wildman–Crippen LogP) is 0.535. The summed E-state index contributed by atoms with van der Waals surface area (Å²) in [5.74, 6) is -0.899. The molecule has 2 aliphatic heterocycles. The lowest BCUT2D eigenvalue weighted by Gasteiger charge is -2.43. The Balaban J connectivity index is 1.71. The predicted molar refractivity (Wildman–Crippen MR) is 73.0 cm³/mol. The maximum Gasteiger partial charge on any atom is 0.320 e. The van der Waals surface area contributed by atoms with E-state index in [-0.39, 0.29) is 30.6 Å². The third kappa shape index (κ3) is 2.98. The second-order valence-electron chi connectivity index (χ2n) is 5.90. The number of carbonyl (C=O) groups excluding carboxylic acids is 1. The number of carboxylic acids is 1. The topological polar surface area (TPSA) is 79.3 Å². The van der Waals surface area contributed by atoms with Gasteiger partial charge in [-0.15, -0.1) is 0 Å². The van der Waals surface area contributed by atoms with Gasteiger partial charge in [0.25, 0.3) is 0 Å². The van der Waals surface area contributed by atoms with Crippen molar-refractivity contribution in [2.24, 2.45) is 0 Å². The lowest BCUT2D eigenvalue weighted by Crippen LogP contribution is -2.60. The fraction of sp³-hybridized carbons (Fsp3) is 0.857. The summed E-state index contributed by atoms with van der Waals surface area (Å²) in [4.78, 5) is 27.4. The summed E-state index contributed by atoms with van der Waals surface area (Å²) in [5, 5.41) is 9.00. The smallest absolute Gasteiger partial charge is 0.320 e. The third-order valence-electron chi connectivity index (χ3n) is 4.61. The molecular formula is C14H22N2O5. The minimum Gasteiger partial charge on any atom is -0.481 e. The van der Waals surface area contributed by atoms with Crippen molar-refractivity contribution < 1.29 is 24.2 Å². The van der Waals surface area contributed by atoms with E-state index in [1.165, 1.54) is 0 Å². The number of urea groups is 1. The number of ether oxygens (including phenoxy) is 2. The van der Waals surface area contributed by atoms with E-state index < -0.39 is 5.97 Å². The van der Waals surface area contributed by atoms with Gasteiger partial charge in [0.05, 0.1) is 44.4 Å². The summed E-state index contributed by atoms with van der Waals surface area (Å²) in [6, 6.07) is -0.268. The molecule has 3 atom stereocenters. The number of hydrogen-bond donors (Lipinski definition) is 1. The molecule has 2 heterocycles. The van der Waals surface area contributed by atoms with E-state index in [4.69, 9.17) is 14.6 Å². The second kappa shape index (κ2) is 6.19. The maximum absolute atomic E-state index is 12.8. The third-order valence-corrected chi connectivity index (χ3v) is 4.61. The molecular weight excluding hydrogens is 276 g/mol. The quantitative estimate of drug-likeness (QED) is 0.804. The molecule has 1 N–H and O–H groups in total. The van der Waals surface area contributed by atoms with Crippen LogP contribution in [0, 0.1) is 0 Å². The van der Waals surface area contributed by atoms with Crippen LogP contribution in [0.2, 0.25) is 0 Å². The van der Waals surface area contributed by atoms with Gasteiger partial charge < -0.3 is 24.4 Å². The van der Waals surface area contributed by atoms with Crippen LogP contribution in [0.5, 0.6) is 0 Å². The minimum absolute atomic E-state index is 0.0512. The van der Waals surface area contributed by atoms with E-state index in [1.807, 2.05) is 4.90 Å². The fourth-order valence-electron chi connectivity index (χ4n) is 3.61. The highest BCUT2D eigenvalue weighted by Crippen LogP contribution is 2.31. The Kier molecular flexibility index (Phi) is 4.30. The van der Waals surface area contributed by atoms with Gasteiger partial charge in [0, 0.05) is 13.1 Å². The van der Waals surface area contributed by atoms with Crippen LogP contribution in [0.3, 0.4) is 0 Å². The van der Waals surface area contributed by atoms with Gasteiger partial charge >= 0.3 is 12.0 Å². The molecule has 1 aliphatic carbocycles. The Morgan fingerprint density at radius 1 is 1.14 bits per heavy atom. The van der Waals surface area contributed by atoms with Crippen LogP contribution in [0.25, 0.3) is 0 Å². The Bertz CT molecular complexity index is 416. The van der Waals surface area contributed by atoms with E-state index in [0.717, 1.165) is 19.3 Å². The van der Waals surface area contributed by atoms with Crippen LogP contribution in [-0.4, -0.2) is 78.0 Å². The van der Waals surface area contributed by atoms with Gasteiger partial charge in [-0.2, -0.15) is 0 Å². The van der Waals surface area contributed by atoms with E-state index in [0.29, 0.717) is 32.9 Å². The van der Waals surface area contributed by atoms with E-state index in [1.54, 1.807) is 4.90 Å². The van der Waals surface area contributed by atoms with E-state index in [2.05, 4.69) is 0 Å². The van der Waals surface area contributed by atoms with Crippen molar-refractivity contribution in [2.75, 3.05) is 32.9 Å². The number of carbonyl (C=O) groups is 2. The first kappa shape index (κ1) is 14.6. The van der Waals surface area contributed by atoms with Crippen molar-refractivity contribution >= 4 is 12.0 Å². The van der Waals surface area contributed by atoms with Crippen LogP contribution >= 0.6 is 0 Å². The molecule has 0 bridgehead atoms. The lowest BCUT2D eigenvalue weighted by molar-refractivity contribution is -0.139. The van der Waals surface area contributed by atoms with Crippen LogP contribution in [0.4, 0.5) is 4.79 Å². The standard InChI is InChI=1S/C14H22N2O5/c17-13(18)8-10-9-20-6-4-15(10)14(19)16-5-7-21-12-3-1-2-11(12)16/h10-12H,1-9H2,(H,17,18). The first-order valence-corrected chi connectivity index (χ1v) is 7.65. The summed E-state index contributed by atoms with van der Waals surface area (Å²) in [5.41, 5.74) is 0. The number of aliphatic carboxylic acids is 1. The largest absolute Gasteiger partial charge is 0.481 e. The first-order valence-electron chi connectivity index (χ1n) is 7.65. The Labute approximate surface area is 123 Å². The zero-order valence-corrected chi connectivity index (χ0v) is 12.1. The zero-order valence-electron chi connectivity index (χ0n) is 12.1. The molecule has 2 amide bonds. The highest BCUT2D eigenvalue weighted by molar-refractivity contribution is 5.77. The number of carboxylic acid groups (broad SMARTS) is 1. The average Bonchev–Trinajstić information content (AvgIpc) is 2.95. The minimum atomic E-state index is -0.899. The number of rotatable bonds is 2. The molecule has 0 aromatic rings. The molecule has 0 aromatic carbocycles. The van der Waals surface area contributed by atoms with Crippen molar-refractivity contribution in [2.45, 2.75) is 43.9 Å². The number of morpholine rings is 2. The van der Waals surface area contributed by atoms with Crippen LogP contribution in [-0.2, 0) is 14.3 Å². The van der Waals surface area contributed by atoms with Gasteiger partial charge in [-0.25, -0.2) is 4.79 Å². The molecule has 1 saturated carbocycles. The summed E-state index contributed by atoms with van der Waals surface area (Å²) in [7, 11) is 0. The van der Waals surface area contributed by atoms with Crippen molar-refractivity contribution in [1.82, 2.24) is 9.80 Å². The average molecular weight is 298 g/mol. The molecule has 3 rings (SSSR count). The molecule has 3 aliphatic rings. The number of hydrogen-bond acceptors (Lipinski definition) is 4. The second-order valence-corrected chi connectivity index (χ2v) is 5.90. The van der Waals surface area contributed by atoms with Crippen molar-refractivity contribution in [1.29, 1.82) is 0 Å². The molecule has 0 aromatic heterocycles. The van der Waals surface area contributed by atoms with E-state index >= 15 is 0 Å². The van der Waals surface area contributed by atoms with Crippen LogP contribution < -0.4 is 0 Å². The van der Waals surface area contributed by atoms with Gasteiger partial charge in [-0.05, 0) is 19.3 Å². The van der Waals surface area contributed by atoms with E-state index in [9.17, 15) is 9.59 Å². The summed E-state index contributed by atoms with van der Waals surface area (Å²) in [6.45, 7) is 2.40. The maximum atomic E-state index is 12.8. The Morgan fingerprint density at radius 2 is 1.95 bits per heavy atom. The number of nitrogens with zero attached hydrogens (tertiary/aromatic N) is 2. The van der Waals surface area contributed by atoms with Crippen molar-refractivity contribution in [3.05, 3.63) is 0 Å². The van der Waals surface area contributed by atoms with Gasteiger partial charge in [0.15, 0.2) is 0 Å². The molecule has 21 heavy (non-hydrogen) atoms. The monoisotopic (exact) mass is 298 g/mol. The van der Waals surface area contributed by atoms with Crippen LogP contribution in [0.15, 0.2) is 0 Å². The van der Waals surface area contributed by atoms with Gasteiger partial charge in [0.2, 0.25) is 0 Å². The first-order chi connectivity index (χ1) is 10.2. The summed E-state index contributed by atoms with van der Waals surface area (Å²) in [6.07, 6.45) is 3.16. The highest BCUT2D eigenvalue weighted by Gasteiger charge is 2.41. The zero-order chi connectivity index (χ0) is 14.8. The molecule has 3 fully saturated rings. The Hall–Kier alpha value is -1.34. The van der Waals surface area contributed by atoms with Gasteiger partial charge in [0.1, 0.15) is 0 Å². The molecule has 2 saturated heterocycles. The van der Waals surface area contributed by atoms with Crippen molar-refractivity contribution in [3.63, 3.8) is 0 Å². The molecule has 0 radical (unpaired) electrons. The van der Waals surface area contributed by atoms with Crippen LogP contribution in [0.1, 0.15) is 25.7 Å². The molecule has 7 nitrogen and oxygen atoms in total. The highest BCUT2D eigenvalue weighted by atomic mass is 16.5. The molecule has 118 valence electrons.